The molecule has 1 aromatic heterocycles. The van der Waals surface area contributed by atoms with Crippen LogP contribution in [0.2, 0.25) is 0 Å². The van der Waals surface area contributed by atoms with Gasteiger partial charge in [-0.1, -0.05) is 23.9 Å². The van der Waals surface area contributed by atoms with Crippen molar-refractivity contribution >= 4 is 35.0 Å². The highest BCUT2D eigenvalue weighted by Crippen LogP contribution is 2.45. The normalized spacial score (nSPS) is 20.7. The quantitative estimate of drug-likeness (QED) is 0.859. The van der Waals surface area contributed by atoms with E-state index in [1.165, 1.54) is 16.7 Å². The summed E-state index contributed by atoms with van der Waals surface area (Å²) in [6, 6.07) is 7.56. The van der Waals surface area contributed by atoms with Crippen LogP contribution in [-0.2, 0) is 16.6 Å². The Balaban J connectivity index is 1.92. The summed E-state index contributed by atoms with van der Waals surface area (Å²) in [4.78, 5) is 27.8. The van der Waals surface area contributed by atoms with Crippen LogP contribution in [0, 0.1) is 0 Å². The molecule has 114 valence electrons. The molecule has 6 nitrogen and oxygen atoms in total. The molecular formula is C15H16N4O2S. The summed E-state index contributed by atoms with van der Waals surface area (Å²) in [5, 5.41) is 6.77. The number of rotatable bonds is 2. The second-order valence-electron chi connectivity index (χ2n) is 5.32. The van der Waals surface area contributed by atoms with E-state index in [0.717, 1.165) is 10.6 Å². The maximum absolute atomic E-state index is 12.7. The van der Waals surface area contributed by atoms with E-state index < -0.39 is 4.75 Å². The number of fused-ring (bicyclic) bond motifs is 1. The molecule has 22 heavy (non-hydrogen) atoms. The predicted molar refractivity (Wildman–Crippen MR) is 86.0 cm³/mol. The van der Waals surface area contributed by atoms with E-state index in [-0.39, 0.29) is 11.8 Å². The minimum absolute atomic E-state index is 0.238. The number of hydrogen-bond acceptors (Lipinski definition) is 4. The van der Waals surface area contributed by atoms with E-state index >= 15 is 0 Å². The fraction of sp³-hybridized carbons (Fsp3) is 0.267. The second kappa shape index (κ2) is 5.17. The largest absolute Gasteiger partial charge is 0.322 e. The van der Waals surface area contributed by atoms with Gasteiger partial charge in [0.05, 0.1) is 17.6 Å². The molecule has 2 amide bonds. The number of carbonyl (C=O) groups excluding carboxylic acids is 2. The van der Waals surface area contributed by atoms with Crippen LogP contribution in [-0.4, -0.2) is 33.4 Å². The van der Waals surface area contributed by atoms with Gasteiger partial charge >= 0.3 is 0 Å². The number of amides is 2. The number of nitrogens with zero attached hydrogens (tertiary/aromatic N) is 3. The van der Waals surface area contributed by atoms with Gasteiger partial charge in [0.15, 0.2) is 4.75 Å². The molecule has 2 aromatic rings. The molecule has 1 aromatic carbocycles. The van der Waals surface area contributed by atoms with E-state index in [1.54, 1.807) is 38.1 Å². The van der Waals surface area contributed by atoms with Crippen LogP contribution in [0.5, 0.6) is 0 Å². The van der Waals surface area contributed by atoms with E-state index in [4.69, 9.17) is 0 Å². The zero-order valence-corrected chi connectivity index (χ0v) is 13.3. The number of aryl methyl sites for hydroxylation is 1. The van der Waals surface area contributed by atoms with Crippen molar-refractivity contribution in [3.8, 4) is 0 Å². The lowest BCUT2D eigenvalue weighted by Crippen LogP contribution is -2.53. The molecule has 1 N–H and O–H groups in total. The van der Waals surface area contributed by atoms with Gasteiger partial charge < -0.3 is 10.2 Å². The number of anilines is 2. The number of aromatic nitrogens is 2. The van der Waals surface area contributed by atoms with Crippen molar-refractivity contribution in [3.05, 3.63) is 36.7 Å². The first-order chi connectivity index (χ1) is 10.4. The monoisotopic (exact) mass is 316 g/mol. The molecule has 0 radical (unpaired) electrons. The lowest BCUT2D eigenvalue weighted by atomic mass is 10.1. The Hall–Kier alpha value is -2.28. The second-order valence-corrected chi connectivity index (χ2v) is 6.78. The smallest absolute Gasteiger partial charge is 0.252 e. The third-order valence-electron chi connectivity index (χ3n) is 3.65. The molecule has 7 heteroatoms. The van der Waals surface area contributed by atoms with Crippen molar-refractivity contribution in [1.29, 1.82) is 0 Å². The zero-order valence-electron chi connectivity index (χ0n) is 12.5. The van der Waals surface area contributed by atoms with Crippen LogP contribution in [0.4, 0.5) is 11.4 Å². The van der Waals surface area contributed by atoms with E-state index in [2.05, 4.69) is 10.4 Å². The van der Waals surface area contributed by atoms with Crippen molar-refractivity contribution in [2.24, 2.45) is 7.05 Å². The van der Waals surface area contributed by atoms with Gasteiger partial charge in [0.1, 0.15) is 0 Å². The Morgan fingerprint density at radius 1 is 1.32 bits per heavy atom. The SMILES string of the molecule is CN1C(=O)[C@@](C)(C(=O)Nc2cnn(C)c2)Sc2ccccc21. The van der Waals surface area contributed by atoms with Gasteiger partial charge in [-0.3, -0.25) is 14.3 Å². The summed E-state index contributed by atoms with van der Waals surface area (Å²) < 4.78 is 0.383. The van der Waals surface area contributed by atoms with Gasteiger partial charge in [-0.25, -0.2) is 0 Å². The van der Waals surface area contributed by atoms with E-state index in [9.17, 15) is 9.59 Å². The highest BCUT2D eigenvalue weighted by atomic mass is 32.2. The highest BCUT2D eigenvalue weighted by molar-refractivity contribution is 8.02. The molecule has 0 fully saturated rings. The summed E-state index contributed by atoms with van der Waals surface area (Å²) in [5.74, 6) is -0.588. The Bertz CT molecular complexity index is 758. The number of hydrogen-bond donors (Lipinski definition) is 1. The molecule has 0 saturated heterocycles. The lowest BCUT2D eigenvalue weighted by Gasteiger charge is -2.36. The lowest BCUT2D eigenvalue weighted by molar-refractivity contribution is -0.128. The molecule has 1 aliphatic heterocycles. The van der Waals surface area contributed by atoms with Crippen LogP contribution in [0.1, 0.15) is 6.92 Å². The van der Waals surface area contributed by atoms with Gasteiger partial charge in [-0.15, -0.1) is 0 Å². The van der Waals surface area contributed by atoms with Crippen molar-refractivity contribution in [1.82, 2.24) is 9.78 Å². The van der Waals surface area contributed by atoms with Crippen LogP contribution in [0.25, 0.3) is 0 Å². The number of para-hydroxylation sites is 1. The van der Waals surface area contributed by atoms with Crippen LogP contribution in [0.3, 0.4) is 0 Å². The molecule has 0 aliphatic carbocycles. The van der Waals surface area contributed by atoms with Crippen LogP contribution >= 0.6 is 11.8 Å². The average Bonchev–Trinajstić information content (AvgIpc) is 2.90. The molecule has 0 spiro atoms. The van der Waals surface area contributed by atoms with Gasteiger partial charge in [-0.05, 0) is 19.1 Å². The first kappa shape index (κ1) is 14.6. The zero-order chi connectivity index (χ0) is 15.9. The van der Waals surface area contributed by atoms with Gasteiger partial charge in [0.2, 0.25) is 5.91 Å². The molecule has 0 unspecified atom stereocenters. The third-order valence-corrected chi connectivity index (χ3v) is 4.98. The average molecular weight is 316 g/mol. The fourth-order valence-corrected chi connectivity index (χ4v) is 3.66. The molecule has 0 saturated carbocycles. The first-order valence-corrected chi connectivity index (χ1v) is 7.60. The van der Waals surface area contributed by atoms with Gasteiger partial charge in [-0.2, -0.15) is 5.10 Å². The number of benzene rings is 1. The molecular weight excluding hydrogens is 300 g/mol. The highest BCUT2D eigenvalue weighted by Gasteiger charge is 2.48. The molecule has 1 aliphatic rings. The van der Waals surface area contributed by atoms with E-state index in [1.807, 2.05) is 24.3 Å². The molecule has 2 heterocycles. The molecule has 0 bridgehead atoms. The van der Waals surface area contributed by atoms with Crippen molar-refractivity contribution < 1.29 is 9.59 Å². The van der Waals surface area contributed by atoms with Crippen molar-refractivity contribution in [2.75, 3.05) is 17.3 Å². The summed E-state index contributed by atoms with van der Waals surface area (Å²) >= 11 is 1.27. The van der Waals surface area contributed by atoms with Crippen molar-refractivity contribution in [3.63, 3.8) is 0 Å². The van der Waals surface area contributed by atoms with E-state index in [0.29, 0.717) is 5.69 Å². The third kappa shape index (κ3) is 2.27. The molecule has 1 atom stereocenters. The summed E-state index contributed by atoms with van der Waals surface area (Å²) in [7, 11) is 3.46. The number of carbonyl (C=O) groups is 2. The maximum atomic E-state index is 12.7. The Morgan fingerprint density at radius 3 is 2.73 bits per heavy atom. The maximum Gasteiger partial charge on any atom is 0.252 e. The number of nitrogens with one attached hydrogen (secondary N) is 1. The number of thioether (sulfide) groups is 1. The minimum atomic E-state index is -1.21. The summed E-state index contributed by atoms with van der Waals surface area (Å²) in [6.07, 6.45) is 3.24. The summed E-state index contributed by atoms with van der Waals surface area (Å²) in [6.45, 7) is 1.65. The minimum Gasteiger partial charge on any atom is -0.322 e. The molecule has 3 rings (SSSR count). The summed E-state index contributed by atoms with van der Waals surface area (Å²) in [5.41, 5.74) is 1.40. The van der Waals surface area contributed by atoms with Gasteiger partial charge in [0.25, 0.3) is 5.91 Å². The standard InChI is InChI=1S/C15H16N4O2S/c1-15(13(20)17-10-8-16-18(2)9-10)14(21)19(3)11-6-4-5-7-12(11)22-15/h4-9H,1-3H3,(H,17,20)/t15-/m1/s1. The van der Waals surface area contributed by atoms with Crippen LogP contribution < -0.4 is 10.2 Å². The first-order valence-electron chi connectivity index (χ1n) is 6.78. The topological polar surface area (TPSA) is 67.2 Å². The van der Waals surface area contributed by atoms with Gasteiger partial charge in [0, 0.05) is 25.2 Å². The Kier molecular flexibility index (Phi) is 3.44. The van der Waals surface area contributed by atoms with Crippen LogP contribution in [0.15, 0.2) is 41.6 Å². The van der Waals surface area contributed by atoms with Crippen molar-refractivity contribution in [2.45, 2.75) is 16.6 Å². The Morgan fingerprint density at radius 2 is 2.05 bits per heavy atom. The Labute approximate surface area is 132 Å². The fourth-order valence-electron chi connectivity index (χ4n) is 2.39. The predicted octanol–water partition coefficient (Wildman–Crippen LogP) is 1.89.